The molecular weight excluding hydrogens is 492 g/mol. The molecule has 3 rings (SSSR count). The van der Waals surface area contributed by atoms with Crippen molar-refractivity contribution in [2.75, 3.05) is 17.2 Å². The summed E-state index contributed by atoms with van der Waals surface area (Å²) in [6.45, 7) is -1.55. The Morgan fingerprint density at radius 1 is 1.03 bits per heavy atom. The van der Waals surface area contributed by atoms with Crippen LogP contribution in [-0.2, 0) is 16.6 Å². The third kappa shape index (κ3) is 7.40. The van der Waals surface area contributed by atoms with Gasteiger partial charge in [0.15, 0.2) is 6.61 Å². The van der Waals surface area contributed by atoms with E-state index in [0.717, 1.165) is 6.07 Å². The first-order valence-corrected chi connectivity index (χ1v) is 10.8. The fourth-order valence-corrected chi connectivity index (χ4v) is 3.08. The largest absolute Gasteiger partial charge is 0.454 e. The fraction of sp³-hybridized carbons (Fsp3) is 0.167. The zero-order valence-corrected chi connectivity index (χ0v) is 18.0. The smallest absolute Gasteiger partial charge is 0.422 e. The summed E-state index contributed by atoms with van der Waals surface area (Å²) in [5.41, 5.74) is 0.860. The summed E-state index contributed by atoms with van der Waals surface area (Å²) in [6, 6.07) is 8.57. The van der Waals surface area contributed by atoms with Crippen LogP contribution in [0.3, 0.4) is 0 Å². The van der Waals surface area contributed by atoms with Crippen molar-refractivity contribution < 1.29 is 30.7 Å². The van der Waals surface area contributed by atoms with E-state index in [2.05, 4.69) is 30.3 Å². The molecule has 0 atom stereocenters. The van der Waals surface area contributed by atoms with Crippen LogP contribution in [0.1, 0.15) is 5.56 Å². The second-order valence-corrected chi connectivity index (χ2v) is 8.43. The Labute approximate surface area is 190 Å². The van der Waals surface area contributed by atoms with Gasteiger partial charge in [-0.05, 0) is 35.9 Å². The number of nitrogens with one attached hydrogen (secondary N) is 2. The minimum absolute atomic E-state index is 0.0788. The number of halogens is 5. The molecule has 0 aliphatic heterocycles. The third-order valence-electron chi connectivity index (χ3n) is 3.86. The Bertz CT molecular complexity index is 1240. The zero-order valence-electron chi connectivity index (χ0n) is 16.4. The Kier molecular flexibility index (Phi) is 7.19. The average Bonchev–Trinajstić information content (AvgIpc) is 2.73. The lowest BCUT2D eigenvalue weighted by Crippen LogP contribution is -2.21. The quantitative estimate of drug-likeness (QED) is 0.395. The van der Waals surface area contributed by atoms with Crippen LogP contribution in [0.15, 0.2) is 47.4 Å². The van der Waals surface area contributed by atoms with Crippen LogP contribution in [0.25, 0.3) is 0 Å². The summed E-state index contributed by atoms with van der Waals surface area (Å²) in [5.74, 6) is -1.01. The van der Waals surface area contributed by atoms with E-state index in [1.165, 1.54) is 36.4 Å². The predicted octanol–water partition coefficient (Wildman–Crippen LogP) is 3.61. The number of sulfonamides is 1. The summed E-state index contributed by atoms with van der Waals surface area (Å²) in [5, 5.41) is 10.3. The molecule has 0 saturated heterocycles. The molecule has 1 heterocycles. The molecule has 2 aromatic carbocycles. The highest BCUT2D eigenvalue weighted by Crippen LogP contribution is 2.23. The van der Waals surface area contributed by atoms with Crippen LogP contribution in [0.4, 0.5) is 35.1 Å². The maximum Gasteiger partial charge on any atom is 0.422 e. The molecule has 9 nitrogen and oxygen atoms in total. The van der Waals surface area contributed by atoms with Crippen molar-refractivity contribution >= 4 is 39.2 Å². The lowest BCUT2D eigenvalue weighted by atomic mass is 10.2. The first-order chi connectivity index (χ1) is 15.4. The number of alkyl halides is 3. The van der Waals surface area contributed by atoms with Gasteiger partial charge in [-0.25, -0.2) is 17.9 Å². The summed E-state index contributed by atoms with van der Waals surface area (Å²) in [6.07, 6.45) is -4.62. The van der Waals surface area contributed by atoms with E-state index in [0.29, 0.717) is 5.56 Å². The molecule has 3 aromatic rings. The molecule has 0 amide bonds. The van der Waals surface area contributed by atoms with Gasteiger partial charge >= 0.3 is 12.2 Å². The summed E-state index contributed by atoms with van der Waals surface area (Å²) >= 11 is 5.72. The number of anilines is 3. The number of benzene rings is 2. The molecule has 1 aromatic heterocycles. The highest BCUT2D eigenvalue weighted by atomic mass is 35.5. The highest BCUT2D eigenvalue weighted by Gasteiger charge is 2.29. The van der Waals surface area contributed by atoms with Crippen molar-refractivity contribution in [1.82, 2.24) is 15.0 Å². The van der Waals surface area contributed by atoms with Gasteiger partial charge in [-0.2, -0.15) is 28.1 Å². The van der Waals surface area contributed by atoms with Crippen LogP contribution in [0.2, 0.25) is 5.02 Å². The monoisotopic (exact) mass is 506 g/mol. The van der Waals surface area contributed by atoms with Crippen molar-refractivity contribution in [3.63, 3.8) is 0 Å². The number of hydrogen-bond donors (Lipinski definition) is 3. The SMILES string of the molecule is NS(=O)(=O)c1ccc(CNc2nc(Nc3ccc(F)c(Cl)c3)nc(OCC(F)(F)F)n2)cc1. The van der Waals surface area contributed by atoms with E-state index in [1.54, 1.807) is 0 Å². The van der Waals surface area contributed by atoms with Gasteiger partial charge < -0.3 is 15.4 Å². The molecule has 176 valence electrons. The number of nitrogens with zero attached hydrogens (tertiary/aromatic N) is 3. The van der Waals surface area contributed by atoms with E-state index in [-0.39, 0.29) is 34.0 Å². The second kappa shape index (κ2) is 9.72. The first-order valence-electron chi connectivity index (χ1n) is 8.92. The normalized spacial score (nSPS) is 11.8. The minimum atomic E-state index is -4.62. The molecule has 0 radical (unpaired) electrons. The van der Waals surface area contributed by atoms with Gasteiger partial charge in [0.25, 0.3) is 0 Å². The van der Waals surface area contributed by atoms with E-state index in [9.17, 15) is 26.0 Å². The fourth-order valence-electron chi connectivity index (χ4n) is 2.38. The zero-order chi connectivity index (χ0) is 24.2. The molecule has 0 bridgehead atoms. The molecule has 0 fully saturated rings. The molecule has 0 aliphatic carbocycles. The highest BCUT2D eigenvalue weighted by molar-refractivity contribution is 7.89. The number of hydrogen-bond acceptors (Lipinski definition) is 8. The van der Waals surface area contributed by atoms with Crippen molar-refractivity contribution in [2.24, 2.45) is 5.14 Å². The molecule has 0 aliphatic rings. The van der Waals surface area contributed by atoms with Gasteiger partial charge in [0.1, 0.15) is 5.82 Å². The Morgan fingerprint density at radius 3 is 2.30 bits per heavy atom. The number of ether oxygens (including phenoxy) is 1. The van der Waals surface area contributed by atoms with E-state index in [4.69, 9.17) is 16.7 Å². The molecule has 4 N–H and O–H groups in total. The standard InChI is InChI=1S/C18H15ClF4N6O3S/c19-13-7-11(3-6-14(13)20)26-16-27-15(28-17(29-16)32-9-18(21,22)23)25-8-10-1-4-12(5-2-10)33(24,30)31/h1-7H,8-9H2,(H2,24,30,31)(H2,25,26,27,28,29). The minimum Gasteiger partial charge on any atom is -0.454 e. The predicted molar refractivity (Wildman–Crippen MR) is 111 cm³/mol. The van der Waals surface area contributed by atoms with Crippen molar-refractivity contribution in [1.29, 1.82) is 0 Å². The van der Waals surface area contributed by atoms with Gasteiger partial charge in [0.05, 0.1) is 9.92 Å². The maximum absolute atomic E-state index is 13.4. The lowest BCUT2D eigenvalue weighted by Gasteiger charge is -2.12. The number of aromatic nitrogens is 3. The van der Waals surface area contributed by atoms with E-state index in [1.807, 2.05) is 0 Å². The van der Waals surface area contributed by atoms with Crippen molar-refractivity contribution in [2.45, 2.75) is 17.6 Å². The van der Waals surface area contributed by atoms with Gasteiger partial charge in [-0.3, -0.25) is 0 Å². The molecule has 0 unspecified atom stereocenters. The van der Waals surface area contributed by atoms with Crippen LogP contribution >= 0.6 is 11.6 Å². The molecule has 33 heavy (non-hydrogen) atoms. The second-order valence-electron chi connectivity index (χ2n) is 6.47. The first kappa shape index (κ1) is 24.4. The van der Waals surface area contributed by atoms with E-state index < -0.39 is 34.6 Å². The molecule has 0 spiro atoms. The van der Waals surface area contributed by atoms with Gasteiger partial charge in [-0.15, -0.1) is 0 Å². The Morgan fingerprint density at radius 2 is 1.70 bits per heavy atom. The summed E-state index contributed by atoms with van der Waals surface area (Å²) in [7, 11) is -3.85. The molecule has 15 heteroatoms. The summed E-state index contributed by atoms with van der Waals surface area (Å²) < 4.78 is 78.2. The third-order valence-corrected chi connectivity index (χ3v) is 5.08. The van der Waals surface area contributed by atoms with Crippen LogP contribution < -0.4 is 20.5 Å². The number of nitrogens with two attached hydrogens (primary N) is 1. The summed E-state index contributed by atoms with van der Waals surface area (Å²) in [4.78, 5) is 11.5. The lowest BCUT2D eigenvalue weighted by molar-refractivity contribution is -0.154. The molecular formula is C18H15ClF4N6O3S. The van der Waals surface area contributed by atoms with Gasteiger partial charge in [0.2, 0.25) is 21.9 Å². The van der Waals surface area contributed by atoms with E-state index >= 15 is 0 Å². The topological polar surface area (TPSA) is 132 Å². The van der Waals surface area contributed by atoms with Gasteiger partial charge in [-0.1, -0.05) is 23.7 Å². The van der Waals surface area contributed by atoms with Crippen LogP contribution in [-0.4, -0.2) is 36.2 Å². The van der Waals surface area contributed by atoms with Crippen LogP contribution in [0, 0.1) is 5.82 Å². The van der Waals surface area contributed by atoms with Gasteiger partial charge in [0, 0.05) is 12.2 Å². The average molecular weight is 507 g/mol. The molecule has 0 saturated carbocycles. The number of primary sulfonamides is 1. The number of rotatable bonds is 8. The van der Waals surface area contributed by atoms with Crippen LogP contribution in [0.5, 0.6) is 6.01 Å². The maximum atomic E-state index is 13.4. The van der Waals surface area contributed by atoms with Crippen molar-refractivity contribution in [3.05, 3.63) is 58.9 Å². The van der Waals surface area contributed by atoms with Crippen molar-refractivity contribution in [3.8, 4) is 6.01 Å². The Hall–Kier alpha value is -3.23. The Balaban J connectivity index is 1.81.